The van der Waals surface area contributed by atoms with Crippen LogP contribution in [0.1, 0.15) is 17.8 Å². The zero-order valence-corrected chi connectivity index (χ0v) is 10.3. The van der Waals surface area contributed by atoms with E-state index in [1.54, 1.807) is 19.4 Å². The van der Waals surface area contributed by atoms with E-state index in [4.69, 9.17) is 5.84 Å². The summed E-state index contributed by atoms with van der Waals surface area (Å²) in [5.41, 5.74) is 4.04. The molecule has 7 heteroatoms. The number of aromatic nitrogens is 5. The second-order valence-corrected chi connectivity index (χ2v) is 4.16. The third-order valence-electron chi connectivity index (χ3n) is 2.75. The molecule has 2 rings (SSSR count). The van der Waals surface area contributed by atoms with Crippen molar-refractivity contribution in [1.82, 2.24) is 30.6 Å². The lowest BCUT2D eigenvalue weighted by Gasteiger charge is -2.13. The van der Waals surface area contributed by atoms with Crippen LogP contribution in [0.5, 0.6) is 0 Å². The topological polar surface area (TPSA) is 94.5 Å². The molecule has 3 N–H and O–H groups in total. The van der Waals surface area contributed by atoms with Crippen LogP contribution in [0.4, 0.5) is 0 Å². The van der Waals surface area contributed by atoms with Crippen LogP contribution >= 0.6 is 0 Å². The Morgan fingerprint density at radius 1 is 1.39 bits per heavy atom. The van der Waals surface area contributed by atoms with Gasteiger partial charge in [-0.05, 0) is 35.8 Å². The number of nitrogens with one attached hydrogen (secondary N) is 1. The number of aryl methyl sites for hydroxylation is 2. The highest BCUT2D eigenvalue weighted by molar-refractivity contribution is 5.09. The third kappa shape index (κ3) is 3.57. The fraction of sp³-hybridized carbons (Fsp3) is 0.455. The summed E-state index contributed by atoms with van der Waals surface area (Å²) < 4.78 is 0. The summed E-state index contributed by atoms with van der Waals surface area (Å²) in [6.07, 6.45) is 6.13. The molecule has 0 amide bonds. The number of tetrazole rings is 1. The highest BCUT2D eigenvalue weighted by Gasteiger charge is 2.11. The molecule has 1 unspecified atom stereocenters. The Morgan fingerprint density at radius 2 is 2.17 bits per heavy atom. The molecular formula is C11H17N7. The van der Waals surface area contributed by atoms with E-state index >= 15 is 0 Å². The number of hydrogen-bond donors (Lipinski definition) is 2. The van der Waals surface area contributed by atoms with Gasteiger partial charge in [-0.2, -0.15) is 4.80 Å². The minimum Gasteiger partial charge on any atom is -0.271 e. The molecule has 2 aromatic heterocycles. The first-order valence-corrected chi connectivity index (χ1v) is 5.86. The van der Waals surface area contributed by atoms with Crippen LogP contribution in [0.3, 0.4) is 0 Å². The Kier molecular flexibility index (Phi) is 4.32. The summed E-state index contributed by atoms with van der Waals surface area (Å²) in [6.45, 7) is 0. The zero-order chi connectivity index (χ0) is 12.8. The predicted molar refractivity (Wildman–Crippen MR) is 66.2 cm³/mol. The molecule has 0 saturated heterocycles. The average Bonchev–Trinajstić information content (AvgIpc) is 2.81. The molecule has 0 fully saturated rings. The lowest BCUT2D eigenvalue weighted by atomic mass is 10.0. The fourth-order valence-electron chi connectivity index (χ4n) is 1.76. The lowest BCUT2D eigenvalue weighted by molar-refractivity contribution is 0.481. The van der Waals surface area contributed by atoms with E-state index in [9.17, 15) is 0 Å². The van der Waals surface area contributed by atoms with Crippen LogP contribution in [-0.2, 0) is 19.9 Å². The van der Waals surface area contributed by atoms with E-state index in [1.165, 1.54) is 10.4 Å². The van der Waals surface area contributed by atoms with Crippen LogP contribution < -0.4 is 11.3 Å². The molecule has 2 heterocycles. The molecule has 0 radical (unpaired) electrons. The summed E-state index contributed by atoms with van der Waals surface area (Å²) in [6, 6.07) is 4.16. The van der Waals surface area contributed by atoms with E-state index < -0.39 is 0 Å². The second-order valence-electron chi connectivity index (χ2n) is 4.16. The smallest absolute Gasteiger partial charge is 0.176 e. The van der Waals surface area contributed by atoms with Crippen LogP contribution in [0.2, 0.25) is 0 Å². The van der Waals surface area contributed by atoms with Crippen molar-refractivity contribution in [2.45, 2.75) is 25.3 Å². The first-order valence-electron chi connectivity index (χ1n) is 5.86. The molecule has 96 valence electrons. The van der Waals surface area contributed by atoms with E-state index in [2.05, 4.69) is 25.8 Å². The molecule has 18 heavy (non-hydrogen) atoms. The van der Waals surface area contributed by atoms with E-state index in [-0.39, 0.29) is 6.04 Å². The summed E-state index contributed by atoms with van der Waals surface area (Å²) in [5.74, 6) is 6.25. The molecule has 0 aliphatic heterocycles. The summed E-state index contributed by atoms with van der Waals surface area (Å²) >= 11 is 0. The Labute approximate surface area is 105 Å². The average molecular weight is 247 g/mol. The van der Waals surface area contributed by atoms with Gasteiger partial charge in [-0.1, -0.05) is 0 Å². The Bertz CT molecular complexity index is 467. The SMILES string of the molecule is Cn1nnc(CC(CCc2ccncc2)NN)n1. The van der Waals surface area contributed by atoms with Crippen molar-refractivity contribution >= 4 is 0 Å². The van der Waals surface area contributed by atoms with E-state index in [0.29, 0.717) is 12.2 Å². The quantitative estimate of drug-likeness (QED) is 0.533. The molecule has 1 atom stereocenters. The minimum atomic E-state index is 0.141. The molecule has 0 spiro atoms. The Hall–Kier alpha value is -1.86. The van der Waals surface area contributed by atoms with E-state index in [1.807, 2.05) is 12.1 Å². The van der Waals surface area contributed by atoms with Gasteiger partial charge in [0.25, 0.3) is 0 Å². The normalized spacial score (nSPS) is 12.6. The van der Waals surface area contributed by atoms with Gasteiger partial charge in [0.05, 0.1) is 7.05 Å². The number of pyridine rings is 1. The van der Waals surface area contributed by atoms with Gasteiger partial charge in [0.1, 0.15) is 0 Å². The minimum absolute atomic E-state index is 0.141. The van der Waals surface area contributed by atoms with Gasteiger partial charge in [-0.25, -0.2) is 0 Å². The maximum absolute atomic E-state index is 5.55. The monoisotopic (exact) mass is 247 g/mol. The van der Waals surface area contributed by atoms with Crippen molar-refractivity contribution in [2.24, 2.45) is 12.9 Å². The zero-order valence-electron chi connectivity index (χ0n) is 10.3. The van der Waals surface area contributed by atoms with Gasteiger partial charge in [0, 0.05) is 24.9 Å². The van der Waals surface area contributed by atoms with Crippen molar-refractivity contribution < 1.29 is 0 Å². The lowest BCUT2D eigenvalue weighted by Crippen LogP contribution is -2.37. The fourth-order valence-corrected chi connectivity index (χ4v) is 1.76. The summed E-state index contributed by atoms with van der Waals surface area (Å²) in [4.78, 5) is 5.44. The molecule has 0 aliphatic rings. The van der Waals surface area contributed by atoms with Crippen LogP contribution in [0.15, 0.2) is 24.5 Å². The van der Waals surface area contributed by atoms with Crippen molar-refractivity contribution in [2.75, 3.05) is 0 Å². The molecular weight excluding hydrogens is 230 g/mol. The van der Waals surface area contributed by atoms with Gasteiger partial charge in [-0.15, -0.1) is 10.2 Å². The number of hydrogen-bond acceptors (Lipinski definition) is 6. The highest BCUT2D eigenvalue weighted by Crippen LogP contribution is 2.06. The van der Waals surface area contributed by atoms with Gasteiger partial charge < -0.3 is 0 Å². The number of nitrogens with two attached hydrogens (primary N) is 1. The standard InChI is InChI=1S/C11H17N7/c1-18-16-11(15-17-18)8-10(14-12)3-2-9-4-6-13-7-5-9/h4-7,10,14H,2-3,8,12H2,1H3. The maximum Gasteiger partial charge on any atom is 0.176 e. The van der Waals surface area contributed by atoms with Crippen LogP contribution in [-0.4, -0.2) is 31.2 Å². The summed E-state index contributed by atoms with van der Waals surface area (Å²) in [7, 11) is 1.75. The van der Waals surface area contributed by atoms with E-state index in [0.717, 1.165) is 12.8 Å². The molecule has 0 aliphatic carbocycles. The first-order chi connectivity index (χ1) is 8.78. The maximum atomic E-state index is 5.55. The number of nitrogens with zero attached hydrogens (tertiary/aromatic N) is 5. The van der Waals surface area contributed by atoms with Crippen molar-refractivity contribution in [3.63, 3.8) is 0 Å². The second kappa shape index (κ2) is 6.18. The van der Waals surface area contributed by atoms with Gasteiger partial charge in [0.2, 0.25) is 0 Å². The predicted octanol–water partition coefficient (Wildman–Crippen LogP) is -0.388. The third-order valence-corrected chi connectivity index (χ3v) is 2.75. The number of rotatable bonds is 6. The molecule has 0 saturated carbocycles. The van der Waals surface area contributed by atoms with Gasteiger partial charge >= 0.3 is 0 Å². The van der Waals surface area contributed by atoms with Crippen LogP contribution in [0, 0.1) is 0 Å². The molecule has 0 bridgehead atoms. The van der Waals surface area contributed by atoms with Crippen molar-refractivity contribution in [3.8, 4) is 0 Å². The Morgan fingerprint density at radius 3 is 2.78 bits per heavy atom. The largest absolute Gasteiger partial charge is 0.271 e. The molecule has 2 aromatic rings. The Balaban J connectivity index is 1.86. The van der Waals surface area contributed by atoms with Crippen molar-refractivity contribution in [1.29, 1.82) is 0 Å². The van der Waals surface area contributed by atoms with Crippen molar-refractivity contribution in [3.05, 3.63) is 35.9 Å². The van der Waals surface area contributed by atoms with Gasteiger partial charge in [-0.3, -0.25) is 16.3 Å². The molecule has 0 aromatic carbocycles. The number of hydrazine groups is 1. The molecule has 7 nitrogen and oxygen atoms in total. The summed E-state index contributed by atoms with van der Waals surface area (Å²) in [5, 5.41) is 11.9. The van der Waals surface area contributed by atoms with Crippen LogP contribution in [0.25, 0.3) is 0 Å². The highest BCUT2D eigenvalue weighted by atomic mass is 15.6. The first kappa shape index (κ1) is 12.6. The van der Waals surface area contributed by atoms with Gasteiger partial charge in [0.15, 0.2) is 5.82 Å².